The van der Waals surface area contributed by atoms with Crippen molar-refractivity contribution in [1.29, 1.82) is 0 Å². The molecule has 0 aliphatic rings. The van der Waals surface area contributed by atoms with E-state index >= 15 is 0 Å². The highest BCUT2D eigenvalue weighted by atomic mass is 16.4. The van der Waals surface area contributed by atoms with Crippen molar-refractivity contribution in [3.63, 3.8) is 0 Å². The molecule has 0 aromatic rings. The number of likely N-dealkylation sites (N-methyl/N-ethyl adjacent to an activating group) is 1. The summed E-state index contributed by atoms with van der Waals surface area (Å²) in [6, 6.07) is -0.251. The lowest BCUT2D eigenvalue weighted by molar-refractivity contribution is -0.141. The number of carbonyl (C=O) groups is 2. The molecule has 0 aliphatic heterocycles. The smallest absolute Gasteiger partial charge is 0.317 e. The minimum atomic E-state index is -0.924. The number of nitrogens with one attached hydrogen (secondary N) is 1. The van der Waals surface area contributed by atoms with Gasteiger partial charge in [0.2, 0.25) is 0 Å². The lowest BCUT2D eigenvalue weighted by Crippen LogP contribution is -2.47. The monoisotopic (exact) mass is 288 g/mol. The summed E-state index contributed by atoms with van der Waals surface area (Å²) in [7, 11) is 1.63. The first-order valence-electron chi connectivity index (χ1n) is 6.99. The minimum Gasteiger partial charge on any atom is -0.481 e. The molecule has 0 aromatic heterocycles. The lowest BCUT2D eigenvalue weighted by Gasteiger charge is -2.27. The summed E-state index contributed by atoms with van der Waals surface area (Å²) in [5, 5.41) is 21.3. The second kappa shape index (κ2) is 8.09. The number of hydrogen-bond donors (Lipinski definition) is 3. The average Bonchev–Trinajstić information content (AvgIpc) is 2.26. The highest BCUT2D eigenvalue weighted by molar-refractivity contribution is 5.74. The summed E-state index contributed by atoms with van der Waals surface area (Å²) in [5.74, 6) is -1.14. The van der Waals surface area contributed by atoms with Crippen LogP contribution in [0.1, 0.15) is 47.0 Å². The molecule has 0 bridgehead atoms. The summed E-state index contributed by atoms with van der Waals surface area (Å²) >= 11 is 0. The van der Waals surface area contributed by atoms with Gasteiger partial charge in [-0.25, -0.2) is 4.79 Å². The Bertz CT molecular complexity index is 326. The molecule has 0 heterocycles. The Morgan fingerprint density at radius 2 is 1.80 bits per heavy atom. The molecule has 3 N–H and O–H groups in total. The number of hydrogen-bond acceptors (Lipinski definition) is 3. The zero-order valence-corrected chi connectivity index (χ0v) is 13.1. The zero-order valence-electron chi connectivity index (χ0n) is 13.1. The first-order chi connectivity index (χ1) is 9.03. The molecule has 20 heavy (non-hydrogen) atoms. The molecule has 0 radical (unpaired) electrons. The molecule has 2 amide bonds. The second-order valence-electron chi connectivity index (χ2n) is 6.19. The Kier molecular flexibility index (Phi) is 7.57. The fourth-order valence-electron chi connectivity index (χ4n) is 1.90. The molecular weight excluding hydrogens is 260 g/mol. The molecule has 0 saturated carbocycles. The van der Waals surface area contributed by atoms with E-state index < -0.39 is 11.6 Å². The van der Waals surface area contributed by atoms with E-state index in [-0.39, 0.29) is 24.5 Å². The van der Waals surface area contributed by atoms with Crippen LogP contribution >= 0.6 is 0 Å². The van der Waals surface area contributed by atoms with Crippen molar-refractivity contribution in [2.45, 2.75) is 58.6 Å². The maximum Gasteiger partial charge on any atom is 0.317 e. The van der Waals surface area contributed by atoms with Crippen molar-refractivity contribution in [1.82, 2.24) is 10.2 Å². The van der Waals surface area contributed by atoms with Crippen LogP contribution in [0.3, 0.4) is 0 Å². The van der Waals surface area contributed by atoms with Crippen LogP contribution in [0.5, 0.6) is 0 Å². The van der Waals surface area contributed by atoms with Crippen LogP contribution in [0.15, 0.2) is 0 Å². The van der Waals surface area contributed by atoms with Gasteiger partial charge < -0.3 is 20.4 Å². The third-order valence-corrected chi connectivity index (χ3v) is 3.04. The van der Waals surface area contributed by atoms with Crippen LogP contribution in [-0.4, -0.2) is 52.3 Å². The van der Waals surface area contributed by atoms with E-state index in [0.717, 1.165) is 12.8 Å². The first-order valence-corrected chi connectivity index (χ1v) is 6.99. The normalized spacial score (nSPS) is 14.5. The van der Waals surface area contributed by atoms with E-state index in [1.807, 2.05) is 6.92 Å². The van der Waals surface area contributed by atoms with Crippen molar-refractivity contribution < 1.29 is 19.8 Å². The number of carboxylic acids is 1. The van der Waals surface area contributed by atoms with E-state index in [0.29, 0.717) is 6.42 Å². The van der Waals surface area contributed by atoms with Gasteiger partial charge in [-0.05, 0) is 33.6 Å². The highest BCUT2D eigenvalue weighted by Gasteiger charge is 2.20. The van der Waals surface area contributed by atoms with Gasteiger partial charge in [0.15, 0.2) is 0 Å². The van der Waals surface area contributed by atoms with E-state index in [9.17, 15) is 14.7 Å². The number of amides is 2. The molecule has 0 spiro atoms. The predicted molar refractivity (Wildman–Crippen MR) is 77.6 cm³/mol. The van der Waals surface area contributed by atoms with E-state index in [4.69, 9.17) is 5.11 Å². The van der Waals surface area contributed by atoms with Crippen LogP contribution in [-0.2, 0) is 4.79 Å². The first kappa shape index (κ1) is 18.7. The Labute approximate surface area is 121 Å². The van der Waals surface area contributed by atoms with Gasteiger partial charge in [0.25, 0.3) is 0 Å². The maximum absolute atomic E-state index is 11.8. The number of carbonyl (C=O) groups excluding carboxylic acids is 1. The Morgan fingerprint density at radius 3 is 2.25 bits per heavy atom. The number of aliphatic carboxylic acids is 1. The summed E-state index contributed by atoms with van der Waals surface area (Å²) in [5.41, 5.74) is -0.924. The highest BCUT2D eigenvalue weighted by Crippen LogP contribution is 2.10. The molecule has 0 rings (SSSR count). The SMILES string of the molecule is CC(CCCC(C)C(=O)O)NC(=O)N(C)CC(C)(C)O. The molecule has 0 saturated heterocycles. The topological polar surface area (TPSA) is 89.9 Å². The van der Waals surface area contributed by atoms with Gasteiger partial charge in [-0.2, -0.15) is 0 Å². The molecule has 0 aliphatic carbocycles. The lowest BCUT2D eigenvalue weighted by atomic mass is 10.0. The van der Waals surface area contributed by atoms with Crippen molar-refractivity contribution in [3.05, 3.63) is 0 Å². The molecular formula is C14H28N2O4. The fraction of sp³-hybridized carbons (Fsp3) is 0.857. The molecule has 6 nitrogen and oxygen atoms in total. The minimum absolute atomic E-state index is 0.0206. The molecule has 0 fully saturated rings. The molecule has 118 valence electrons. The molecule has 2 unspecified atom stereocenters. The van der Waals surface area contributed by atoms with Gasteiger partial charge in [-0.1, -0.05) is 13.3 Å². The summed E-state index contributed by atoms with van der Waals surface area (Å²) < 4.78 is 0. The molecule has 0 aromatic carbocycles. The van der Waals surface area contributed by atoms with Gasteiger partial charge in [0.05, 0.1) is 18.1 Å². The van der Waals surface area contributed by atoms with Gasteiger partial charge >= 0.3 is 12.0 Å². The van der Waals surface area contributed by atoms with Gasteiger partial charge in [0.1, 0.15) is 0 Å². The summed E-state index contributed by atoms with van der Waals surface area (Å²) in [4.78, 5) is 24.0. The number of aliphatic hydroxyl groups is 1. The van der Waals surface area contributed by atoms with Crippen LogP contribution in [0.2, 0.25) is 0 Å². The van der Waals surface area contributed by atoms with E-state index in [1.165, 1.54) is 4.90 Å². The Morgan fingerprint density at radius 1 is 1.25 bits per heavy atom. The van der Waals surface area contributed by atoms with Gasteiger partial charge in [0, 0.05) is 13.1 Å². The Balaban J connectivity index is 3.99. The van der Waals surface area contributed by atoms with Crippen molar-refractivity contribution in [2.75, 3.05) is 13.6 Å². The fourth-order valence-corrected chi connectivity index (χ4v) is 1.90. The second-order valence-corrected chi connectivity index (χ2v) is 6.19. The zero-order chi connectivity index (χ0) is 15.9. The third kappa shape index (κ3) is 8.74. The van der Waals surface area contributed by atoms with Crippen LogP contribution in [0, 0.1) is 5.92 Å². The standard InChI is InChI=1S/C14H28N2O4/c1-10(12(17)18)7-6-8-11(2)15-13(19)16(5)9-14(3,4)20/h10-11,20H,6-9H2,1-5H3,(H,15,19)(H,17,18). The van der Waals surface area contributed by atoms with Crippen molar-refractivity contribution in [2.24, 2.45) is 5.92 Å². The van der Waals surface area contributed by atoms with Gasteiger partial charge in [-0.3, -0.25) is 4.79 Å². The maximum atomic E-state index is 11.8. The number of carboxylic acid groups (broad SMARTS) is 1. The molecule has 6 heteroatoms. The van der Waals surface area contributed by atoms with Crippen LogP contribution in [0.4, 0.5) is 4.79 Å². The van der Waals surface area contributed by atoms with Crippen LogP contribution in [0.25, 0.3) is 0 Å². The van der Waals surface area contributed by atoms with E-state index in [2.05, 4.69) is 5.32 Å². The number of nitrogens with zero attached hydrogens (tertiary/aromatic N) is 1. The van der Waals surface area contributed by atoms with Crippen molar-refractivity contribution in [3.8, 4) is 0 Å². The van der Waals surface area contributed by atoms with E-state index in [1.54, 1.807) is 27.8 Å². The van der Waals surface area contributed by atoms with Gasteiger partial charge in [-0.15, -0.1) is 0 Å². The summed E-state index contributed by atoms with van der Waals surface area (Å²) in [6.07, 6.45) is 2.10. The third-order valence-electron chi connectivity index (χ3n) is 3.04. The molecule has 2 atom stereocenters. The number of rotatable bonds is 8. The van der Waals surface area contributed by atoms with Crippen molar-refractivity contribution >= 4 is 12.0 Å². The Hall–Kier alpha value is -1.30. The quantitative estimate of drug-likeness (QED) is 0.634. The number of urea groups is 1. The summed E-state index contributed by atoms with van der Waals surface area (Å²) in [6.45, 7) is 7.12. The average molecular weight is 288 g/mol. The largest absolute Gasteiger partial charge is 0.481 e. The van der Waals surface area contributed by atoms with Crippen LogP contribution < -0.4 is 5.32 Å². The predicted octanol–water partition coefficient (Wildman–Crippen LogP) is 1.68.